The Kier molecular flexibility index (Phi) is 4.76. The number of nitrogen functional groups attached to an aromatic ring is 1. The van der Waals surface area contributed by atoms with Gasteiger partial charge in [-0.25, -0.2) is 0 Å². The van der Waals surface area contributed by atoms with Gasteiger partial charge < -0.3 is 10.6 Å². The van der Waals surface area contributed by atoms with E-state index in [0.29, 0.717) is 5.69 Å². The van der Waals surface area contributed by atoms with Crippen molar-refractivity contribution < 1.29 is 4.79 Å². The molecule has 0 saturated heterocycles. The van der Waals surface area contributed by atoms with Gasteiger partial charge in [-0.1, -0.05) is 19.1 Å². The van der Waals surface area contributed by atoms with Crippen molar-refractivity contribution in [2.24, 2.45) is 0 Å². The van der Waals surface area contributed by atoms with E-state index in [-0.39, 0.29) is 11.9 Å². The Bertz CT molecular complexity index is 412. The highest BCUT2D eigenvalue weighted by molar-refractivity contribution is 5.91. The van der Waals surface area contributed by atoms with E-state index < -0.39 is 0 Å². The van der Waals surface area contributed by atoms with Crippen LogP contribution in [0, 0.1) is 0 Å². The van der Waals surface area contributed by atoms with Crippen molar-refractivity contribution in [2.75, 3.05) is 12.8 Å². The Morgan fingerprint density at radius 3 is 2.82 bits per heavy atom. The van der Waals surface area contributed by atoms with Gasteiger partial charge in [0, 0.05) is 24.9 Å². The molecule has 2 N–H and O–H groups in total. The first-order valence-corrected chi connectivity index (χ1v) is 5.85. The molecule has 3 nitrogen and oxygen atoms in total. The van der Waals surface area contributed by atoms with E-state index >= 15 is 0 Å². The highest BCUT2D eigenvalue weighted by atomic mass is 16.2. The predicted molar refractivity (Wildman–Crippen MR) is 72.4 cm³/mol. The maximum Gasteiger partial charge on any atom is 0.246 e. The Hall–Kier alpha value is -1.77. The van der Waals surface area contributed by atoms with E-state index in [1.807, 2.05) is 38.2 Å². The molecule has 0 aliphatic carbocycles. The van der Waals surface area contributed by atoms with Crippen molar-refractivity contribution in [3.63, 3.8) is 0 Å². The summed E-state index contributed by atoms with van der Waals surface area (Å²) in [5, 5.41) is 0. The highest BCUT2D eigenvalue weighted by Crippen LogP contribution is 2.09. The summed E-state index contributed by atoms with van der Waals surface area (Å²) in [5.74, 6) is 0.0155. The van der Waals surface area contributed by atoms with E-state index in [0.717, 1.165) is 12.0 Å². The third-order valence-corrected chi connectivity index (χ3v) is 2.93. The molecule has 1 rings (SSSR count). The Balaban J connectivity index is 2.68. The van der Waals surface area contributed by atoms with E-state index in [4.69, 9.17) is 5.73 Å². The number of likely N-dealkylation sites (N-methyl/N-ethyl adjacent to an activating group) is 1. The molecule has 17 heavy (non-hydrogen) atoms. The molecule has 0 aliphatic rings. The fourth-order valence-corrected chi connectivity index (χ4v) is 1.44. The Morgan fingerprint density at radius 2 is 2.24 bits per heavy atom. The zero-order valence-corrected chi connectivity index (χ0v) is 10.7. The molecule has 1 amide bonds. The zero-order valence-electron chi connectivity index (χ0n) is 10.7. The molecule has 1 atom stereocenters. The second kappa shape index (κ2) is 6.09. The molecule has 1 aromatic rings. The predicted octanol–water partition coefficient (Wildman–Crippen LogP) is 2.54. The number of anilines is 1. The number of amides is 1. The lowest BCUT2D eigenvalue weighted by molar-refractivity contribution is -0.126. The average Bonchev–Trinajstić information content (AvgIpc) is 2.34. The van der Waals surface area contributed by atoms with Crippen LogP contribution in [0.5, 0.6) is 0 Å². The highest BCUT2D eigenvalue weighted by Gasteiger charge is 2.10. The number of hydrogen-bond donors (Lipinski definition) is 1. The van der Waals surface area contributed by atoms with Crippen LogP contribution in [0.25, 0.3) is 6.08 Å². The summed E-state index contributed by atoms with van der Waals surface area (Å²) in [4.78, 5) is 13.5. The van der Waals surface area contributed by atoms with Gasteiger partial charge in [0.15, 0.2) is 0 Å². The van der Waals surface area contributed by atoms with Crippen LogP contribution in [0.3, 0.4) is 0 Å². The van der Waals surface area contributed by atoms with Gasteiger partial charge in [0.2, 0.25) is 5.91 Å². The minimum Gasteiger partial charge on any atom is -0.399 e. The van der Waals surface area contributed by atoms with E-state index in [2.05, 4.69) is 6.92 Å². The molecule has 0 bridgehead atoms. The van der Waals surface area contributed by atoms with Crippen LogP contribution < -0.4 is 5.73 Å². The van der Waals surface area contributed by atoms with Crippen molar-refractivity contribution >= 4 is 17.7 Å². The minimum atomic E-state index is 0.0155. The molecule has 0 aromatic heterocycles. The lowest BCUT2D eigenvalue weighted by Crippen LogP contribution is -2.33. The fourth-order valence-electron chi connectivity index (χ4n) is 1.44. The van der Waals surface area contributed by atoms with E-state index in [9.17, 15) is 4.79 Å². The van der Waals surface area contributed by atoms with Gasteiger partial charge in [0.05, 0.1) is 0 Å². The van der Waals surface area contributed by atoms with Crippen molar-refractivity contribution in [1.29, 1.82) is 0 Å². The SMILES string of the molecule is CCC(C)N(C)C(=O)/C=C/c1cccc(N)c1. The summed E-state index contributed by atoms with van der Waals surface area (Å²) in [5.41, 5.74) is 7.31. The maximum absolute atomic E-state index is 11.8. The lowest BCUT2D eigenvalue weighted by Gasteiger charge is -2.22. The topological polar surface area (TPSA) is 46.3 Å². The summed E-state index contributed by atoms with van der Waals surface area (Å²) in [7, 11) is 1.82. The summed E-state index contributed by atoms with van der Waals surface area (Å²) in [6.45, 7) is 4.10. The van der Waals surface area contributed by atoms with Gasteiger partial charge in [0.1, 0.15) is 0 Å². The number of hydrogen-bond acceptors (Lipinski definition) is 2. The first-order valence-electron chi connectivity index (χ1n) is 5.85. The van der Waals surface area contributed by atoms with Gasteiger partial charge in [-0.05, 0) is 37.1 Å². The summed E-state index contributed by atoms with van der Waals surface area (Å²) in [6, 6.07) is 7.71. The van der Waals surface area contributed by atoms with Gasteiger partial charge >= 0.3 is 0 Å². The number of rotatable bonds is 4. The molecule has 0 spiro atoms. The van der Waals surface area contributed by atoms with Gasteiger partial charge in [-0.3, -0.25) is 4.79 Å². The minimum absolute atomic E-state index is 0.0155. The Morgan fingerprint density at radius 1 is 1.53 bits per heavy atom. The molecular formula is C14H20N2O. The summed E-state index contributed by atoms with van der Waals surface area (Å²) >= 11 is 0. The zero-order chi connectivity index (χ0) is 12.8. The standard InChI is InChI=1S/C14H20N2O/c1-4-11(2)16(3)14(17)9-8-12-6-5-7-13(15)10-12/h5-11H,4,15H2,1-3H3/b9-8+. The molecule has 0 radical (unpaired) electrons. The molecule has 3 heteroatoms. The number of carbonyl (C=O) groups is 1. The van der Waals surface area contributed by atoms with Crippen LogP contribution in [0.1, 0.15) is 25.8 Å². The molecule has 0 aliphatic heterocycles. The molecule has 0 fully saturated rings. The van der Waals surface area contributed by atoms with Crippen LogP contribution in [-0.2, 0) is 4.79 Å². The van der Waals surface area contributed by atoms with E-state index in [1.165, 1.54) is 0 Å². The van der Waals surface area contributed by atoms with Crippen molar-refractivity contribution in [1.82, 2.24) is 4.90 Å². The molecule has 0 heterocycles. The number of nitrogens with two attached hydrogens (primary N) is 1. The van der Waals surface area contributed by atoms with Gasteiger partial charge in [-0.15, -0.1) is 0 Å². The van der Waals surface area contributed by atoms with Crippen LogP contribution in [0.4, 0.5) is 5.69 Å². The quantitative estimate of drug-likeness (QED) is 0.640. The molecule has 1 aromatic carbocycles. The number of carbonyl (C=O) groups excluding carboxylic acids is 1. The normalized spacial score (nSPS) is 12.6. The smallest absolute Gasteiger partial charge is 0.246 e. The Labute approximate surface area is 103 Å². The third-order valence-electron chi connectivity index (χ3n) is 2.93. The fraction of sp³-hybridized carbons (Fsp3) is 0.357. The first-order chi connectivity index (χ1) is 8.04. The average molecular weight is 232 g/mol. The van der Waals surface area contributed by atoms with Crippen LogP contribution >= 0.6 is 0 Å². The van der Waals surface area contributed by atoms with Crippen molar-refractivity contribution in [2.45, 2.75) is 26.3 Å². The second-order valence-electron chi connectivity index (χ2n) is 4.21. The van der Waals surface area contributed by atoms with E-state index in [1.54, 1.807) is 17.1 Å². The third kappa shape index (κ3) is 3.94. The largest absolute Gasteiger partial charge is 0.399 e. The second-order valence-corrected chi connectivity index (χ2v) is 4.21. The van der Waals surface area contributed by atoms with Crippen LogP contribution in [0.15, 0.2) is 30.3 Å². The van der Waals surface area contributed by atoms with Crippen LogP contribution in [0.2, 0.25) is 0 Å². The maximum atomic E-state index is 11.8. The summed E-state index contributed by atoms with van der Waals surface area (Å²) in [6.07, 6.45) is 4.33. The van der Waals surface area contributed by atoms with Gasteiger partial charge in [0.25, 0.3) is 0 Å². The monoisotopic (exact) mass is 232 g/mol. The number of benzene rings is 1. The van der Waals surface area contributed by atoms with Gasteiger partial charge in [-0.2, -0.15) is 0 Å². The van der Waals surface area contributed by atoms with Crippen LogP contribution in [-0.4, -0.2) is 23.9 Å². The summed E-state index contributed by atoms with van der Waals surface area (Å²) < 4.78 is 0. The molecular weight excluding hydrogens is 212 g/mol. The van der Waals surface area contributed by atoms with Crippen molar-refractivity contribution in [3.05, 3.63) is 35.9 Å². The molecule has 1 unspecified atom stereocenters. The number of nitrogens with zero attached hydrogens (tertiary/aromatic N) is 1. The lowest BCUT2D eigenvalue weighted by atomic mass is 10.2. The molecule has 92 valence electrons. The van der Waals surface area contributed by atoms with Crippen molar-refractivity contribution in [3.8, 4) is 0 Å². The molecule has 0 saturated carbocycles. The first kappa shape index (κ1) is 13.3.